The van der Waals surface area contributed by atoms with Crippen LogP contribution in [0, 0.1) is 5.41 Å². The van der Waals surface area contributed by atoms with Crippen LogP contribution in [0.3, 0.4) is 0 Å². The minimum Gasteiger partial charge on any atom is -0.399 e. The molecule has 5 heteroatoms. The Morgan fingerprint density at radius 1 is 1.21 bits per heavy atom. The van der Waals surface area contributed by atoms with Crippen LogP contribution in [-0.2, 0) is 0 Å². The van der Waals surface area contributed by atoms with Gasteiger partial charge in [0.1, 0.15) is 0 Å². The Kier molecular flexibility index (Phi) is 5.18. The van der Waals surface area contributed by atoms with Gasteiger partial charge in [0.25, 0.3) is 5.91 Å². The van der Waals surface area contributed by atoms with Gasteiger partial charge in [-0.25, -0.2) is 0 Å². The molecule has 1 amide bonds. The lowest BCUT2D eigenvalue weighted by molar-refractivity contribution is 0.0851. The summed E-state index contributed by atoms with van der Waals surface area (Å²) >= 11 is 0. The van der Waals surface area contributed by atoms with Crippen LogP contribution in [0.5, 0.6) is 0 Å². The van der Waals surface area contributed by atoms with Crippen LogP contribution in [0.15, 0.2) is 18.2 Å². The molecule has 0 aromatic heterocycles. The number of anilines is 2. The zero-order valence-corrected chi connectivity index (χ0v) is 11.6. The molecule has 0 heterocycles. The van der Waals surface area contributed by atoms with E-state index < -0.39 is 0 Å². The molecule has 0 atom stereocenters. The summed E-state index contributed by atoms with van der Waals surface area (Å²) < 4.78 is 0. The molecule has 0 radical (unpaired) electrons. The number of nitrogens with one attached hydrogen (secondary N) is 1. The second-order valence-electron chi connectivity index (χ2n) is 4.94. The Balaban J connectivity index is 2.74. The van der Waals surface area contributed by atoms with E-state index in [2.05, 4.69) is 5.32 Å². The second-order valence-corrected chi connectivity index (χ2v) is 4.94. The van der Waals surface area contributed by atoms with Gasteiger partial charge < -0.3 is 21.9 Å². The quantitative estimate of drug-likeness (QED) is 0.584. The number of benzene rings is 1. The molecule has 0 saturated carbocycles. The first-order valence-electron chi connectivity index (χ1n) is 6.51. The van der Waals surface area contributed by atoms with Crippen LogP contribution in [0.2, 0.25) is 0 Å². The highest BCUT2D eigenvalue weighted by Gasteiger charge is 2.26. The van der Waals surface area contributed by atoms with Crippen molar-refractivity contribution in [3.8, 4) is 0 Å². The van der Waals surface area contributed by atoms with Crippen molar-refractivity contribution in [3.05, 3.63) is 23.8 Å². The lowest BCUT2D eigenvalue weighted by atomic mass is 9.83. The number of aliphatic hydroxyl groups is 1. The average Bonchev–Trinajstić information content (AvgIpc) is 2.39. The Bertz CT molecular complexity index is 414. The predicted octanol–water partition coefficient (Wildman–Crippen LogP) is 1.38. The third-order valence-corrected chi connectivity index (χ3v) is 3.70. The maximum absolute atomic E-state index is 12.0. The number of amides is 1. The molecule has 0 bridgehead atoms. The topological polar surface area (TPSA) is 101 Å². The van der Waals surface area contributed by atoms with E-state index in [-0.39, 0.29) is 17.9 Å². The van der Waals surface area contributed by atoms with Gasteiger partial charge in [-0.2, -0.15) is 0 Å². The lowest BCUT2D eigenvalue weighted by Crippen LogP contribution is -2.39. The van der Waals surface area contributed by atoms with Gasteiger partial charge >= 0.3 is 0 Å². The summed E-state index contributed by atoms with van der Waals surface area (Å²) in [5.74, 6) is -0.223. The summed E-state index contributed by atoms with van der Waals surface area (Å²) in [6.07, 6.45) is 1.61. The first kappa shape index (κ1) is 15.3. The monoisotopic (exact) mass is 265 g/mol. The van der Waals surface area contributed by atoms with Crippen molar-refractivity contribution in [3.63, 3.8) is 0 Å². The van der Waals surface area contributed by atoms with Crippen LogP contribution in [0.4, 0.5) is 11.4 Å². The van der Waals surface area contributed by atoms with E-state index in [1.165, 1.54) is 0 Å². The van der Waals surface area contributed by atoms with Gasteiger partial charge in [0, 0.05) is 28.9 Å². The van der Waals surface area contributed by atoms with Gasteiger partial charge in [0.15, 0.2) is 0 Å². The van der Waals surface area contributed by atoms with Gasteiger partial charge in [-0.1, -0.05) is 13.8 Å². The Labute approximate surface area is 114 Å². The van der Waals surface area contributed by atoms with E-state index >= 15 is 0 Å². The Morgan fingerprint density at radius 3 is 2.16 bits per heavy atom. The molecule has 1 aromatic carbocycles. The maximum atomic E-state index is 12.0. The fourth-order valence-corrected chi connectivity index (χ4v) is 1.96. The van der Waals surface area contributed by atoms with E-state index in [4.69, 9.17) is 11.5 Å². The Hall–Kier alpha value is -1.75. The number of nitrogen functional groups attached to an aromatic ring is 2. The van der Waals surface area contributed by atoms with E-state index in [0.717, 1.165) is 12.8 Å². The van der Waals surface area contributed by atoms with Crippen molar-refractivity contribution in [2.75, 3.05) is 24.6 Å². The highest BCUT2D eigenvalue weighted by molar-refractivity contribution is 5.96. The van der Waals surface area contributed by atoms with Gasteiger partial charge in [-0.15, -0.1) is 0 Å². The average molecular weight is 265 g/mol. The third-order valence-electron chi connectivity index (χ3n) is 3.70. The van der Waals surface area contributed by atoms with Crippen molar-refractivity contribution in [2.45, 2.75) is 26.7 Å². The fourth-order valence-electron chi connectivity index (χ4n) is 1.96. The van der Waals surface area contributed by atoms with E-state index in [0.29, 0.717) is 23.5 Å². The molecule has 106 valence electrons. The van der Waals surface area contributed by atoms with Crippen molar-refractivity contribution in [2.24, 2.45) is 5.41 Å². The van der Waals surface area contributed by atoms with Gasteiger partial charge in [-0.3, -0.25) is 4.79 Å². The zero-order chi connectivity index (χ0) is 14.5. The van der Waals surface area contributed by atoms with Crippen molar-refractivity contribution in [1.29, 1.82) is 0 Å². The number of nitrogens with two attached hydrogens (primary N) is 2. The molecular formula is C14H23N3O2. The largest absolute Gasteiger partial charge is 0.399 e. The van der Waals surface area contributed by atoms with Crippen LogP contribution >= 0.6 is 0 Å². The molecule has 0 fully saturated rings. The fraction of sp³-hybridized carbons (Fsp3) is 0.500. The minimum absolute atomic E-state index is 0.0549. The molecule has 0 aliphatic rings. The van der Waals surface area contributed by atoms with E-state index in [1.54, 1.807) is 18.2 Å². The summed E-state index contributed by atoms with van der Waals surface area (Å²) in [6, 6.07) is 4.78. The maximum Gasteiger partial charge on any atom is 0.251 e. The van der Waals surface area contributed by atoms with Crippen molar-refractivity contribution < 1.29 is 9.90 Å². The number of hydrogen-bond donors (Lipinski definition) is 4. The zero-order valence-electron chi connectivity index (χ0n) is 11.6. The third kappa shape index (κ3) is 3.86. The highest BCUT2D eigenvalue weighted by Crippen LogP contribution is 2.24. The van der Waals surface area contributed by atoms with Crippen LogP contribution in [0.25, 0.3) is 0 Å². The highest BCUT2D eigenvalue weighted by atomic mass is 16.3. The number of carbonyl (C=O) groups excluding carboxylic acids is 1. The minimum atomic E-state index is -0.262. The van der Waals surface area contributed by atoms with Crippen molar-refractivity contribution in [1.82, 2.24) is 5.32 Å². The molecule has 1 rings (SSSR count). The van der Waals surface area contributed by atoms with Crippen LogP contribution < -0.4 is 16.8 Å². The SMILES string of the molecule is CCC(CC)(CO)CNC(=O)c1cc(N)cc(N)c1. The normalized spacial score (nSPS) is 11.3. The number of carbonyl (C=O) groups is 1. The summed E-state index contributed by atoms with van der Waals surface area (Å²) in [5.41, 5.74) is 12.4. The number of aliphatic hydroxyl groups excluding tert-OH is 1. The lowest BCUT2D eigenvalue weighted by Gasteiger charge is -2.29. The molecule has 0 aliphatic carbocycles. The summed E-state index contributed by atoms with van der Waals surface area (Å²) in [5, 5.41) is 12.3. The summed E-state index contributed by atoms with van der Waals surface area (Å²) in [6.45, 7) is 4.50. The van der Waals surface area contributed by atoms with Crippen LogP contribution in [0.1, 0.15) is 37.0 Å². The van der Waals surface area contributed by atoms with Crippen LogP contribution in [-0.4, -0.2) is 24.2 Å². The van der Waals surface area contributed by atoms with E-state index in [9.17, 15) is 9.90 Å². The molecule has 1 aromatic rings. The first-order valence-corrected chi connectivity index (χ1v) is 6.51. The van der Waals surface area contributed by atoms with E-state index in [1.807, 2.05) is 13.8 Å². The molecule has 0 spiro atoms. The van der Waals surface area contributed by atoms with Crippen molar-refractivity contribution >= 4 is 17.3 Å². The van der Waals surface area contributed by atoms with Gasteiger partial charge in [0.2, 0.25) is 0 Å². The molecule has 6 N–H and O–H groups in total. The summed E-state index contributed by atoms with van der Waals surface area (Å²) in [4.78, 5) is 12.0. The summed E-state index contributed by atoms with van der Waals surface area (Å²) in [7, 11) is 0. The first-order chi connectivity index (χ1) is 8.96. The second kappa shape index (κ2) is 6.43. The number of hydrogen-bond acceptors (Lipinski definition) is 4. The number of rotatable bonds is 6. The molecule has 19 heavy (non-hydrogen) atoms. The molecule has 0 aliphatic heterocycles. The Morgan fingerprint density at radius 2 is 1.74 bits per heavy atom. The molecule has 5 nitrogen and oxygen atoms in total. The standard InChI is InChI=1S/C14H23N3O2/c1-3-14(4-2,9-18)8-17-13(19)10-5-11(15)7-12(16)6-10/h5-7,18H,3-4,8-9,15-16H2,1-2H3,(H,17,19). The van der Waals surface area contributed by atoms with Gasteiger partial charge in [0.05, 0.1) is 6.61 Å². The van der Waals surface area contributed by atoms with Gasteiger partial charge in [-0.05, 0) is 31.0 Å². The predicted molar refractivity (Wildman–Crippen MR) is 77.7 cm³/mol. The smallest absolute Gasteiger partial charge is 0.251 e. The molecule has 0 saturated heterocycles. The molecule has 0 unspecified atom stereocenters. The molecular weight excluding hydrogens is 242 g/mol.